The van der Waals surface area contributed by atoms with E-state index in [2.05, 4.69) is 0 Å². The van der Waals surface area contributed by atoms with Crippen LogP contribution in [0.5, 0.6) is 5.75 Å². The zero-order chi connectivity index (χ0) is 11.5. The molecule has 4 heteroatoms. The van der Waals surface area contributed by atoms with E-state index in [0.29, 0.717) is 6.61 Å². The summed E-state index contributed by atoms with van der Waals surface area (Å²) in [6, 6.07) is 3.78. The van der Waals surface area contributed by atoms with Crippen LogP contribution in [0, 0.1) is 0 Å². The van der Waals surface area contributed by atoms with Crippen LogP contribution in [-0.4, -0.2) is 11.1 Å². The number of hydrogen-bond donors (Lipinski definition) is 1. The third kappa shape index (κ3) is 1.92. The van der Waals surface area contributed by atoms with E-state index in [0.717, 1.165) is 34.9 Å². The molecule has 84 valence electrons. The van der Waals surface area contributed by atoms with E-state index in [1.165, 1.54) is 0 Å². The van der Waals surface area contributed by atoms with Gasteiger partial charge in [0.25, 0.3) is 0 Å². The van der Waals surface area contributed by atoms with Crippen molar-refractivity contribution in [1.29, 1.82) is 0 Å². The highest BCUT2D eigenvalue weighted by molar-refractivity contribution is 5.85. The second-order valence-electron chi connectivity index (χ2n) is 3.49. The van der Waals surface area contributed by atoms with Crippen molar-refractivity contribution >= 4 is 12.0 Å². The Morgan fingerprint density at radius 2 is 2.38 bits per heavy atom. The fourth-order valence-corrected chi connectivity index (χ4v) is 1.74. The lowest BCUT2D eigenvalue weighted by molar-refractivity contribution is -0.195. The van der Waals surface area contributed by atoms with Crippen LogP contribution in [0.2, 0.25) is 0 Å². The highest BCUT2D eigenvalue weighted by Crippen LogP contribution is 2.33. The zero-order valence-electron chi connectivity index (χ0n) is 8.90. The summed E-state index contributed by atoms with van der Waals surface area (Å²) in [4.78, 5) is 20.4. The molecular weight excluding hydrogens is 208 g/mol. The van der Waals surface area contributed by atoms with Gasteiger partial charge in [-0.05, 0) is 18.1 Å². The third-order valence-electron chi connectivity index (χ3n) is 2.49. The van der Waals surface area contributed by atoms with Crippen molar-refractivity contribution in [2.45, 2.75) is 20.0 Å². The lowest BCUT2D eigenvalue weighted by Gasteiger charge is -2.06. The molecule has 1 N–H and O–H groups in total. The second kappa shape index (κ2) is 4.37. The summed E-state index contributed by atoms with van der Waals surface area (Å²) in [5.74, 6) is -0.227. The van der Waals surface area contributed by atoms with Crippen molar-refractivity contribution in [2.24, 2.45) is 0 Å². The quantitative estimate of drug-likeness (QED) is 0.626. The lowest BCUT2D eigenvalue weighted by atomic mass is 10.00. The molecule has 4 nitrogen and oxygen atoms in total. The van der Waals surface area contributed by atoms with Crippen LogP contribution in [0.3, 0.4) is 0 Å². The van der Waals surface area contributed by atoms with Gasteiger partial charge in [-0.15, -0.1) is 0 Å². The molecule has 0 saturated carbocycles. The Kier molecular flexibility index (Phi) is 2.92. The fourth-order valence-electron chi connectivity index (χ4n) is 1.74. The molecule has 0 aliphatic carbocycles. The molecule has 2 rings (SSSR count). The maximum absolute atomic E-state index is 10.5. The summed E-state index contributed by atoms with van der Waals surface area (Å²) >= 11 is 0. The highest BCUT2D eigenvalue weighted by atomic mass is 17.2. The Bertz CT molecular complexity index is 449. The predicted molar refractivity (Wildman–Crippen MR) is 57.9 cm³/mol. The number of aliphatic carboxylic acids is 1. The summed E-state index contributed by atoms with van der Waals surface area (Å²) < 4.78 is 0. The highest BCUT2D eigenvalue weighted by Gasteiger charge is 2.19. The van der Waals surface area contributed by atoms with E-state index < -0.39 is 5.97 Å². The number of benzene rings is 1. The first-order valence-electron chi connectivity index (χ1n) is 5.07. The monoisotopic (exact) mass is 220 g/mol. The topological polar surface area (TPSA) is 55.8 Å². The summed E-state index contributed by atoms with van der Waals surface area (Å²) in [6.07, 6.45) is 3.46. The SMILES string of the molecule is CCc1c(/C=C/C(=O)O)ccc2c1OOC2. The molecule has 0 radical (unpaired) electrons. The van der Waals surface area contributed by atoms with E-state index in [9.17, 15) is 4.79 Å². The Labute approximate surface area is 93.0 Å². The number of carbonyl (C=O) groups is 1. The second-order valence-corrected chi connectivity index (χ2v) is 3.49. The number of hydrogen-bond acceptors (Lipinski definition) is 3. The molecule has 0 saturated heterocycles. The van der Waals surface area contributed by atoms with E-state index in [-0.39, 0.29) is 0 Å². The number of carboxylic acid groups (broad SMARTS) is 1. The average molecular weight is 220 g/mol. The number of rotatable bonds is 3. The van der Waals surface area contributed by atoms with Gasteiger partial charge in [-0.2, -0.15) is 4.89 Å². The van der Waals surface area contributed by atoms with Gasteiger partial charge in [0.2, 0.25) is 0 Å². The Balaban J connectivity index is 2.43. The first-order chi connectivity index (χ1) is 7.72. The molecule has 1 aliphatic rings. The predicted octanol–water partition coefficient (Wildman–Crippen LogP) is 2.17. The average Bonchev–Trinajstić information content (AvgIpc) is 2.73. The Morgan fingerprint density at radius 3 is 3.06 bits per heavy atom. The van der Waals surface area contributed by atoms with E-state index in [1.54, 1.807) is 6.08 Å². The largest absolute Gasteiger partial charge is 0.478 e. The lowest BCUT2D eigenvalue weighted by Crippen LogP contribution is -1.93. The van der Waals surface area contributed by atoms with Gasteiger partial charge in [-0.25, -0.2) is 4.79 Å². The van der Waals surface area contributed by atoms with Crippen LogP contribution in [0.25, 0.3) is 6.08 Å². The molecule has 0 spiro atoms. The molecule has 1 aromatic rings. The van der Waals surface area contributed by atoms with Crippen molar-refractivity contribution in [1.82, 2.24) is 0 Å². The maximum Gasteiger partial charge on any atom is 0.328 e. The third-order valence-corrected chi connectivity index (χ3v) is 2.49. The first kappa shape index (κ1) is 10.7. The molecule has 16 heavy (non-hydrogen) atoms. The van der Waals surface area contributed by atoms with Gasteiger partial charge in [-0.3, -0.25) is 0 Å². The van der Waals surface area contributed by atoms with Crippen LogP contribution >= 0.6 is 0 Å². The van der Waals surface area contributed by atoms with E-state index in [4.69, 9.17) is 14.9 Å². The number of fused-ring (bicyclic) bond motifs is 1. The molecule has 0 bridgehead atoms. The van der Waals surface area contributed by atoms with Gasteiger partial charge in [0, 0.05) is 17.2 Å². The Hall–Kier alpha value is -1.81. The van der Waals surface area contributed by atoms with Crippen molar-refractivity contribution in [3.63, 3.8) is 0 Å². The van der Waals surface area contributed by atoms with Gasteiger partial charge in [0.15, 0.2) is 5.75 Å². The summed E-state index contributed by atoms with van der Waals surface area (Å²) in [5.41, 5.74) is 2.84. The molecule has 1 aromatic carbocycles. The molecule has 0 fully saturated rings. The van der Waals surface area contributed by atoms with Gasteiger partial charge < -0.3 is 9.99 Å². The molecule has 0 aromatic heterocycles. The van der Waals surface area contributed by atoms with Crippen LogP contribution < -0.4 is 4.89 Å². The molecule has 1 aliphatic heterocycles. The van der Waals surface area contributed by atoms with Crippen LogP contribution in [-0.2, 0) is 22.7 Å². The fraction of sp³-hybridized carbons (Fsp3) is 0.250. The summed E-state index contributed by atoms with van der Waals surface area (Å²) in [6.45, 7) is 2.45. The van der Waals surface area contributed by atoms with Crippen molar-refractivity contribution in [2.75, 3.05) is 0 Å². The molecule has 0 atom stereocenters. The van der Waals surface area contributed by atoms with E-state index >= 15 is 0 Å². The smallest absolute Gasteiger partial charge is 0.328 e. The maximum atomic E-state index is 10.5. The van der Waals surface area contributed by atoms with Crippen LogP contribution in [0.4, 0.5) is 0 Å². The zero-order valence-corrected chi connectivity index (χ0v) is 8.90. The molecule has 0 amide bonds. The molecular formula is C12H12O4. The van der Waals surface area contributed by atoms with Gasteiger partial charge in [-0.1, -0.05) is 19.1 Å². The van der Waals surface area contributed by atoms with Gasteiger partial charge in [0.1, 0.15) is 6.61 Å². The van der Waals surface area contributed by atoms with Crippen molar-refractivity contribution < 1.29 is 19.7 Å². The minimum atomic E-state index is -0.959. The minimum Gasteiger partial charge on any atom is -0.478 e. The summed E-state index contributed by atoms with van der Waals surface area (Å²) in [7, 11) is 0. The van der Waals surface area contributed by atoms with Gasteiger partial charge >= 0.3 is 5.97 Å². The first-order valence-corrected chi connectivity index (χ1v) is 5.07. The Morgan fingerprint density at radius 1 is 1.56 bits per heavy atom. The summed E-state index contributed by atoms with van der Waals surface area (Å²) in [5, 5.41) is 8.59. The van der Waals surface area contributed by atoms with Crippen molar-refractivity contribution in [3.8, 4) is 5.75 Å². The molecule has 1 heterocycles. The van der Waals surface area contributed by atoms with Gasteiger partial charge in [0.05, 0.1) is 0 Å². The van der Waals surface area contributed by atoms with Crippen molar-refractivity contribution in [3.05, 3.63) is 34.9 Å². The number of carboxylic acids is 1. The van der Waals surface area contributed by atoms with Crippen LogP contribution in [0.1, 0.15) is 23.6 Å². The standard InChI is InChI=1S/C12H12O4/c1-2-10-8(5-6-11(13)14)3-4-9-7-15-16-12(9)10/h3-6H,2,7H2,1H3,(H,13,14)/b6-5+. The minimum absolute atomic E-state index is 0.450. The van der Waals surface area contributed by atoms with E-state index in [1.807, 2.05) is 19.1 Å². The molecule has 0 unspecified atom stereocenters. The normalized spacial score (nSPS) is 13.8. The van der Waals surface area contributed by atoms with Crippen LogP contribution in [0.15, 0.2) is 18.2 Å².